The number of rotatable bonds is 4. The molecule has 3 aromatic rings. The topological polar surface area (TPSA) is 109 Å². The van der Waals surface area contributed by atoms with Gasteiger partial charge in [0.2, 0.25) is 10.0 Å². The van der Waals surface area contributed by atoms with Gasteiger partial charge >= 0.3 is 12.1 Å². The molecular formula is C24H28F3N5O4S. The lowest BCUT2D eigenvalue weighted by atomic mass is 9.94. The summed E-state index contributed by atoms with van der Waals surface area (Å²) in [6.07, 6.45) is 0.709. The van der Waals surface area contributed by atoms with Crippen LogP contribution in [0.5, 0.6) is 0 Å². The van der Waals surface area contributed by atoms with E-state index in [4.69, 9.17) is 14.9 Å². The van der Waals surface area contributed by atoms with Crippen LogP contribution in [0, 0.1) is 0 Å². The van der Waals surface area contributed by atoms with Gasteiger partial charge in [-0.3, -0.25) is 0 Å². The Labute approximate surface area is 212 Å². The molecule has 1 N–H and O–H groups in total. The number of aryl methyl sites for hydroxylation is 1. The Kier molecular flexibility index (Phi) is 7.74. The molecule has 2 saturated heterocycles. The van der Waals surface area contributed by atoms with Crippen molar-refractivity contribution in [3.8, 4) is 0 Å². The van der Waals surface area contributed by atoms with Crippen LogP contribution in [0.3, 0.4) is 0 Å². The first-order valence-electron chi connectivity index (χ1n) is 11.9. The standard InChI is InChI=1S/C22H27N5O2S.C2HF3O2/c1-25-16-23-21-20(25)15-19(24-22(21)26-11-5-6-12-26)17-9-13-27(14-10-17)30(28,29)18-7-3-2-4-8-18;3-2(4,5)1(6)7/h2-4,7-8,15-17H,5-6,9-14H2,1H3;(H,6,7). The maximum Gasteiger partial charge on any atom is 0.490 e. The number of aromatic nitrogens is 3. The van der Waals surface area contributed by atoms with Crippen molar-refractivity contribution in [2.24, 2.45) is 7.05 Å². The quantitative estimate of drug-likeness (QED) is 0.538. The van der Waals surface area contributed by atoms with Gasteiger partial charge in [-0.15, -0.1) is 0 Å². The number of imidazole rings is 1. The first-order valence-corrected chi connectivity index (χ1v) is 13.3. The van der Waals surface area contributed by atoms with Gasteiger partial charge in [-0.1, -0.05) is 18.2 Å². The summed E-state index contributed by atoms with van der Waals surface area (Å²) in [5.41, 5.74) is 3.12. The third kappa shape index (κ3) is 5.87. The fraction of sp³-hybridized carbons (Fsp3) is 0.458. The van der Waals surface area contributed by atoms with Crippen LogP contribution in [-0.2, 0) is 21.9 Å². The molecule has 2 aromatic heterocycles. The first kappa shape index (κ1) is 26.9. The number of halogens is 3. The number of nitrogens with zero attached hydrogens (tertiary/aromatic N) is 5. The molecule has 0 saturated carbocycles. The van der Waals surface area contributed by atoms with Crippen LogP contribution < -0.4 is 4.90 Å². The maximum absolute atomic E-state index is 12.9. The van der Waals surface area contributed by atoms with Crippen molar-refractivity contribution in [3.63, 3.8) is 0 Å². The Bertz CT molecular complexity index is 1350. The van der Waals surface area contributed by atoms with Crippen LogP contribution in [0.25, 0.3) is 11.0 Å². The summed E-state index contributed by atoms with van der Waals surface area (Å²) in [5.74, 6) is -1.51. The van der Waals surface area contributed by atoms with Gasteiger partial charge in [0, 0.05) is 44.8 Å². The number of hydrogen-bond donors (Lipinski definition) is 1. The van der Waals surface area contributed by atoms with Crippen molar-refractivity contribution < 1.29 is 31.5 Å². The number of fused-ring (bicyclic) bond motifs is 1. The lowest BCUT2D eigenvalue weighted by Crippen LogP contribution is -2.38. The average Bonchev–Trinajstić information content (AvgIpc) is 3.54. The van der Waals surface area contributed by atoms with E-state index >= 15 is 0 Å². The summed E-state index contributed by atoms with van der Waals surface area (Å²) in [5, 5.41) is 7.12. The summed E-state index contributed by atoms with van der Waals surface area (Å²) in [6, 6.07) is 10.9. The number of aliphatic carboxylic acids is 1. The fourth-order valence-corrected chi connectivity index (χ4v) is 6.11. The number of hydrogen-bond acceptors (Lipinski definition) is 6. The molecule has 0 amide bonds. The molecule has 0 spiro atoms. The van der Waals surface area contributed by atoms with E-state index in [2.05, 4.69) is 20.5 Å². The maximum atomic E-state index is 12.9. The van der Waals surface area contributed by atoms with E-state index in [1.54, 1.807) is 28.6 Å². The highest BCUT2D eigenvalue weighted by Gasteiger charge is 2.38. The van der Waals surface area contributed by atoms with E-state index in [1.165, 1.54) is 12.8 Å². The molecule has 2 aliphatic heterocycles. The minimum Gasteiger partial charge on any atom is -0.475 e. The minimum atomic E-state index is -5.08. The molecule has 0 aliphatic carbocycles. The highest BCUT2D eigenvalue weighted by atomic mass is 32.2. The predicted molar refractivity (Wildman–Crippen MR) is 131 cm³/mol. The van der Waals surface area contributed by atoms with Crippen LogP contribution in [0.2, 0.25) is 0 Å². The van der Waals surface area contributed by atoms with Crippen molar-refractivity contribution in [2.75, 3.05) is 31.1 Å². The zero-order valence-electron chi connectivity index (χ0n) is 20.2. The summed E-state index contributed by atoms with van der Waals surface area (Å²) in [7, 11) is -1.41. The largest absolute Gasteiger partial charge is 0.490 e. The van der Waals surface area contributed by atoms with Crippen molar-refractivity contribution in [2.45, 2.75) is 42.7 Å². The smallest absolute Gasteiger partial charge is 0.475 e. The number of alkyl halides is 3. The van der Waals surface area contributed by atoms with Gasteiger partial charge in [0.05, 0.1) is 16.7 Å². The Balaban J connectivity index is 0.000000405. The Morgan fingerprint density at radius 2 is 1.65 bits per heavy atom. The van der Waals surface area contributed by atoms with E-state index in [0.29, 0.717) is 18.0 Å². The molecule has 200 valence electrons. The van der Waals surface area contributed by atoms with E-state index in [1.807, 2.05) is 19.4 Å². The molecule has 0 radical (unpaired) electrons. The SMILES string of the molecule is Cn1cnc2c(N3CCCC3)nc(C3CCN(S(=O)(=O)c4ccccc4)CC3)cc21.O=C(O)C(F)(F)F. The molecule has 4 heterocycles. The molecule has 5 rings (SSSR count). The van der Waals surface area contributed by atoms with Gasteiger partial charge in [0.1, 0.15) is 5.52 Å². The van der Waals surface area contributed by atoms with Gasteiger partial charge in [-0.2, -0.15) is 17.5 Å². The number of carboxylic acids is 1. The molecule has 0 atom stereocenters. The van der Waals surface area contributed by atoms with Crippen molar-refractivity contribution in [1.29, 1.82) is 0 Å². The lowest BCUT2D eigenvalue weighted by Gasteiger charge is -2.31. The number of carbonyl (C=O) groups is 1. The van der Waals surface area contributed by atoms with Gasteiger partial charge in [0.25, 0.3) is 0 Å². The van der Waals surface area contributed by atoms with E-state index in [0.717, 1.165) is 48.5 Å². The van der Waals surface area contributed by atoms with E-state index in [-0.39, 0.29) is 5.92 Å². The number of pyridine rings is 1. The van der Waals surface area contributed by atoms with E-state index in [9.17, 15) is 21.6 Å². The Hall–Kier alpha value is -3.19. The molecular weight excluding hydrogens is 511 g/mol. The molecule has 0 unspecified atom stereocenters. The zero-order valence-corrected chi connectivity index (χ0v) is 21.0. The normalized spacial score (nSPS) is 17.6. The summed E-state index contributed by atoms with van der Waals surface area (Å²) < 4.78 is 61.3. The summed E-state index contributed by atoms with van der Waals surface area (Å²) >= 11 is 0. The third-order valence-electron chi connectivity index (χ3n) is 6.62. The van der Waals surface area contributed by atoms with Gasteiger partial charge in [0.15, 0.2) is 5.82 Å². The van der Waals surface area contributed by atoms with Gasteiger partial charge in [-0.05, 0) is 43.9 Å². The summed E-state index contributed by atoms with van der Waals surface area (Å²) in [6.45, 7) is 3.09. The van der Waals surface area contributed by atoms with Gasteiger partial charge < -0.3 is 14.6 Å². The lowest BCUT2D eigenvalue weighted by molar-refractivity contribution is -0.192. The third-order valence-corrected chi connectivity index (χ3v) is 8.53. The molecule has 13 heteroatoms. The van der Waals surface area contributed by atoms with Crippen LogP contribution in [-0.4, -0.2) is 70.7 Å². The number of carboxylic acid groups (broad SMARTS) is 1. The van der Waals surface area contributed by atoms with Crippen molar-refractivity contribution >= 4 is 32.8 Å². The fourth-order valence-electron chi connectivity index (χ4n) is 4.62. The number of sulfonamides is 1. The summed E-state index contributed by atoms with van der Waals surface area (Å²) in [4.78, 5) is 21.3. The minimum absolute atomic E-state index is 0.257. The Morgan fingerprint density at radius 1 is 1.05 bits per heavy atom. The van der Waals surface area contributed by atoms with Gasteiger partial charge in [-0.25, -0.2) is 23.2 Å². The second-order valence-corrected chi connectivity index (χ2v) is 11.0. The van der Waals surface area contributed by atoms with Crippen LogP contribution in [0.4, 0.5) is 19.0 Å². The molecule has 37 heavy (non-hydrogen) atoms. The predicted octanol–water partition coefficient (Wildman–Crippen LogP) is 3.77. The molecule has 1 aromatic carbocycles. The number of benzene rings is 1. The Morgan fingerprint density at radius 3 is 2.22 bits per heavy atom. The number of piperidine rings is 1. The van der Waals surface area contributed by atoms with Crippen molar-refractivity contribution in [3.05, 3.63) is 48.4 Å². The molecule has 2 aliphatic rings. The number of anilines is 1. The second kappa shape index (κ2) is 10.7. The highest BCUT2D eigenvalue weighted by Crippen LogP contribution is 2.34. The molecule has 9 nitrogen and oxygen atoms in total. The van der Waals surface area contributed by atoms with E-state index < -0.39 is 22.2 Å². The molecule has 2 fully saturated rings. The highest BCUT2D eigenvalue weighted by molar-refractivity contribution is 7.89. The van der Waals surface area contributed by atoms with Crippen LogP contribution >= 0.6 is 0 Å². The van der Waals surface area contributed by atoms with Crippen molar-refractivity contribution in [1.82, 2.24) is 18.8 Å². The molecule has 0 bridgehead atoms. The zero-order chi connectivity index (χ0) is 26.8. The van der Waals surface area contributed by atoms with Crippen LogP contribution in [0.1, 0.15) is 37.3 Å². The first-order chi connectivity index (χ1) is 17.5. The van der Waals surface area contributed by atoms with Crippen LogP contribution in [0.15, 0.2) is 47.6 Å². The second-order valence-electron chi connectivity index (χ2n) is 9.08. The monoisotopic (exact) mass is 539 g/mol. The average molecular weight is 540 g/mol.